The number of hydrogen-bond acceptors (Lipinski definition) is 5. The van der Waals surface area contributed by atoms with Gasteiger partial charge in [0.15, 0.2) is 21.4 Å². The highest BCUT2D eigenvalue weighted by atomic mass is 32.2. The zero-order chi connectivity index (χ0) is 23.6. The predicted octanol–water partition coefficient (Wildman–Crippen LogP) is 4.13. The summed E-state index contributed by atoms with van der Waals surface area (Å²) in [5.74, 6) is -2.54. The van der Waals surface area contributed by atoms with Crippen molar-refractivity contribution >= 4 is 46.4 Å². The molecule has 2 aliphatic heterocycles. The van der Waals surface area contributed by atoms with Gasteiger partial charge >= 0.3 is 0 Å². The van der Waals surface area contributed by atoms with Crippen LogP contribution in [-0.4, -0.2) is 36.6 Å². The van der Waals surface area contributed by atoms with Crippen LogP contribution in [-0.2, 0) is 20.0 Å². The van der Waals surface area contributed by atoms with Gasteiger partial charge < -0.3 is 0 Å². The largest absolute Gasteiger partial charge is 0.294 e. The second-order valence-electron chi connectivity index (χ2n) is 9.65. The van der Waals surface area contributed by atoms with Crippen molar-refractivity contribution < 1.29 is 26.8 Å². The van der Waals surface area contributed by atoms with E-state index in [0.29, 0.717) is 12.1 Å². The molecule has 3 heterocycles. The first kappa shape index (κ1) is 25.3. The maximum absolute atomic E-state index is 15.3. The van der Waals surface area contributed by atoms with E-state index in [2.05, 4.69) is 4.98 Å². The number of Topliss-reactive ketones (excluding diaryl/α,β-unsaturated/α-hetero) is 1. The molecule has 1 saturated heterocycles. The fourth-order valence-corrected chi connectivity index (χ4v) is 6.85. The molecule has 0 saturated carbocycles. The average Bonchev–Trinajstić information content (AvgIpc) is 3.07. The average molecular weight is 497 g/mol. The number of hydrogen-bond donors (Lipinski definition) is 0. The topological polar surface area (TPSA) is 84.4 Å². The van der Waals surface area contributed by atoms with Gasteiger partial charge in [-0.05, 0) is 56.4 Å². The number of sulfone groups is 1. The van der Waals surface area contributed by atoms with Crippen molar-refractivity contribution in [3.8, 4) is 0 Å². The first-order valence-electron chi connectivity index (χ1n) is 10.3. The number of fused-ring (bicyclic) bond motifs is 1. The van der Waals surface area contributed by atoms with E-state index < -0.39 is 38.2 Å². The van der Waals surface area contributed by atoms with E-state index >= 15 is 4.39 Å². The Morgan fingerprint density at radius 2 is 1.82 bits per heavy atom. The molecule has 33 heavy (non-hydrogen) atoms. The van der Waals surface area contributed by atoms with Crippen molar-refractivity contribution in [2.24, 2.45) is 5.41 Å². The summed E-state index contributed by atoms with van der Waals surface area (Å²) < 4.78 is 53.6. The van der Waals surface area contributed by atoms with E-state index in [1.807, 2.05) is 0 Å². The van der Waals surface area contributed by atoms with Gasteiger partial charge in [-0.2, -0.15) is 13.5 Å². The third-order valence-corrected chi connectivity index (χ3v) is 8.37. The molecule has 0 spiro atoms. The van der Waals surface area contributed by atoms with Crippen molar-refractivity contribution in [2.75, 3.05) is 16.4 Å². The molecular formula is C23H26F2N2O4S2. The highest BCUT2D eigenvalue weighted by Gasteiger charge is 2.48. The van der Waals surface area contributed by atoms with Crippen LogP contribution in [0.5, 0.6) is 0 Å². The van der Waals surface area contributed by atoms with Gasteiger partial charge in [0.1, 0.15) is 5.82 Å². The lowest BCUT2D eigenvalue weighted by Gasteiger charge is -2.21. The highest BCUT2D eigenvalue weighted by Crippen LogP contribution is 2.48. The van der Waals surface area contributed by atoms with E-state index in [-0.39, 0.29) is 59.7 Å². The van der Waals surface area contributed by atoms with Crippen LogP contribution in [0.2, 0.25) is 0 Å². The molecule has 0 unspecified atom stereocenters. The minimum absolute atomic E-state index is 0. The number of benzene rings is 1. The Morgan fingerprint density at radius 1 is 1.15 bits per heavy atom. The first-order valence-corrected chi connectivity index (χ1v) is 12.1. The molecule has 1 aromatic heterocycles. The maximum atomic E-state index is 15.3. The Labute approximate surface area is 198 Å². The van der Waals surface area contributed by atoms with Crippen LogP contribution in [0.3, 0.4) is 0 Å². The van der Waals surface area contributed by atoms with Gasteiger partial charge in [0, 0.05) is 17.7 Å². The molecule has 10 heteroatoms. The summed E-state index contributed by atoms with van der Waals surface area (Å²) in [6.07, 6.45) is 1.31. The number of aryl methyl sites for hydroxylation is 1. The zero-order valence-corrected chi connectivity index (χ0v) is 20.6. The van der Waals surface area contributed by atoms with Crippen LogP contribution in [0.4, 0.5) is 20.2 Å². The number of halogens is 2. The molecule has 0 bridgehead atoms. The van der Waals surface area contributed by atoms with Gasteiger partial charge in [-0.25, -0.2) is 17.2 Å². The second-order valence-corrected chi connectivity index (χ2v) is 11.8. The Kier molecular flexibility index (Phi) is 6.25. The Morgan fingerprint density at radius 3 is 2.42 bits per heavy atom. The lowest BCUT2D eigenvalue weighted by molar-refractivity contribution is -0.121. The maximum Gasteiger partial charge on any atom is 0.241 e. The molecule has 0 N–H and O–H groups in total. The second kappa shape index (κ2) is 8.16. The molecular weight excluding hydrogens is 470 g/mol. The summed E-state index contributed by atoms with van der Waals surface area (Å²) in [7, 11) is -3.19. The number of amides is 1. The number of ketones is 1. The van der Waals surface area contributed by atoms with Crippen LogP contribution >= 0.6 is 13.5 Å². The van der Waals surface area contributed by atoms with Crippen LogP contribution in [0, 0.1) is 24.0 Å². The fourth-order valence-electron chi connectivity index (χ4n) is 4.60. The van der Waals surface area contributed by atoms with E-state index in [0.717, 1.165) is 17.2 Å². The number of carbonyl (C=O) groups is 2. The van der Waals surface area contributed by atoms with Gasteiger partial charge in [0.25, 0.3) is 0 Å². The third-order valence-electron chi connectivity index (χ3n) is 6.41. The van der Waals surface area contributed by atoms with Gasteiger partial charge in [0.05, 0.1) is 34.5 Å². The number of nitrogens with zero attached hydrogens (tertiary/aromatic N) is 2. The monoisotopic (exact) mass is 496 g/mol. The summed E-state index contributed by atoms with van der Waals surface area (Å²) >= 11 is 0. The smallest absolute Gasteiger partial charge is 0.241 e. The molecule has 2 aromatic rings. The minimum Gasteiger partial charge on any atom is -0.294 e. The summed E-state index contributed by atoms with van der Waals surface area (Å²) in [5, 5.41) is 0. The van der Waals surface area contributed by atoms with Crippen molar-refractivity contribution in [3.63, 3.8) is 0 Å². The molecule has 1 atom stereocenters. The van der Waals surface area contributed by atoms with E-state index in [9.17, 15) is 22.4 Å². The zero-order valence-electron chi connectivity index (χ0n) is 18.8. The van der Waals surface area contributed by atoms with Gasteiger partial charge in [-0.1, -0.05) is 6.92 Å². The number of anilines is 2. The van der Waals surface area contributed by atoms with Crippen LogP contribution in [0.15, 0.2) is 24.4 Å². The normalized spacial score (nSPS) is 22.7. The summed E-state index contributed by atoms with van der Waals surface area (Å²) in [6.45, 7) is 6.57. The van der Waals surface area contributed by atoms with Crippen molar-refractivity contribution in [2.45, 2.75) is 46.0 Å². The van der Waals surface area contributed by atoms with Gasteiger partial charge in [0.2, 0.25) is 5.91 Å². The number of carbonyl (C=O) groups excluding carboxylic acids is 2. The molecule has 0 radical (unpaired) electrons. The standard InChI is InChI=1S/C23H24F2N2O4S.H2S/c1-13-7-18(17(25)11-26-13)27-20-15(22(2,3)21(27)29)8-14(9-16(20)24)19(28)10-23(4)5-6-32(30,31)12-23;/h7-9,11H,5-6,10,12H2,1-4H3;1H2/t23-;/m1./s1. The summed E-state index contributed by atoms with van der Waals surface area (Å²) in [6, 6.07) is 3.89. The fraction of sp³-hybridized carbons (Fsp3) is 0.435. The van der Waals surface area contributed by atoms with Crippen LogP contribution in [0.1, 0.15) is 55.2 Å². The minimum atomic E-state index is -3.19. The molecule has 178 valence electrons. The lowest BCUT2D eigenvalue weighted by Crippen LogP contribution is -2.33. The molecule has 0 aliphatic carbocycles. The van der Waals surface area contributed by atoms with Gasteiger partial charge in [-0.3, -0.25) is 19.5 Å². The van der Waals surface area contributed by atoms with Crippen LogP contribution in [0.25, 0.3) is 0 Å². The summed E-state index contributed by atoms with van der Waals surface area (Å²) in [4.78, 5) is 31.1. The third kappa shape index (κ3) is 4.30. The first-order chi connectivity index (χ1) is 14.7. The van der Waals surface area contributed by atoms with E-state index in [1.54, 1.807) is 27.7 Å². The molecule has 1 aromatic carbocycles. The predicted molar refractivity (Wildman–Crippen MR) is 126 cm³/mol. The summed E-state index contributed by atoms with van der Waals surface area (Å²) in [5.41, 5.74) is -1.28. The lowest BCUT2D eigenvalue weighted by atomic mass is 9.81. The Bertz CT molecular complexity index is 1280. The van der Waals surface area contributed by atoms with Crippen LogP contribution < -0.4 is 4.90 Å². The molecule has 1 fully saturated rings. The Hall–Kier alpha value is -2.33. The number of pyridine rings is 1. The highest BCUT2D eigenvalue weighted by molar-refractivity contribution is 7.91. The quantitative estimate of drug-likeness (QED) is 0.594. The SMILES string of the molecule is Cc1cc(N2C(=O)C(C)(C)c3cc(C(=O)C[C@@]4(C)CCS(=O)(=O)C4)cc(F)c32)c(F)cn1.S. The van der Waals surface area contributed by atoms with E-state index in [1.165, 1.54) is 12.1 Å². The molecule has 1 amide bonds. The molecule has 6 nitrogen and oxygen atoms in total. The molecule has 2 aliphatic rings. The van der Waals surface area contributed by atoms with Crippen molar-refractivity contribution in [3.05, 3.63) is 52.9 Å². The number of aromatic nitrogens is 1. The Balaban J connectivity index is 0.00000306. The van der Waals surface area contributed by atoms with Crippen molar-refractivity contribution in [1.29, 1.82) is 0 Å². The molecule has 4 rings (SSSR count). The van der Waals surface area contributed by atoms with E-state index in [4.69, 9.17) is 0 Å². The van der Waals surface area contributed by atoms with Gasteiger partial charge in [-0.15, -0.1) is 0 Å². The van der Waals surface area contributed by atoms with Crippen molar-refractivity contribution in [1.82, 2.24) is 4.98 Å². The number of rotatable bonds is 4.